The van der Waals surface area contributed by atoms with Crippen LogP contribution < -0.4 is 5.32 Å². The Hall–Kier alpha value is -1.35. The van der Waals surface area contributed by atoms with Crippen LogP contribution >= 0.6 is 0 Å². The average Bonchev–Trinajstić information content (AvgIpc) is 3.28. The van der Waals surface area contributed by atoms with Crippen LogP contribution in [0.2, 0.25) is 0 Å². The van der Waals surface area contributed by atoms with Gasteiger partial charge in [-0.15, -0.1) is 0 Å². The molecule has 2 aliphatic rings. The highest BCUT2D eigenvalue weighted by Crippen LogP contribution is 2.48. The van der Waals surface area contributed by atoms with Gasteiger partial charge in [0.25, 0.3) is 0 Å². The Morgan fingerprint density at radius 2 is 1.89 bits per heavy atom. The van der Waals surface area contributed by atoms with Crippen molar-refractivity contribution in [3.8, 4) is 0 Å². The predicted octanol–water partition coefficient (Wildman–Crippen LogP) is 2.00. The van der Waals surface area contributed by atoms with Crippen molar-refractivity contribution in [3.05, 3.63) is 35.9 Å². The number of nitrogens with one attached hydrogen (secondary N) is 1. The standard InChI is InChI=1S/C16H22N2O/c1-17-13-7-9-18(10-8-13)16(19)15-11-14(15)12-5-3-2-4-6-12/h2-6,13-15,17H,7-11H2,1H3. The molecule has 1 aliphatic heterocycles. The summed E-state index contributed by atoms with van der Waals surface area (Å²) in [5.41, 5.74) is 1.32. The van der Waals surface area contributed by atoms with Gasteiger partial charge in [-0.2, -0.15) is 0 Å². The van der Waals surface area contributed by atoms with E-state index in [2.05, 4.69) is 34.5 Å². The predicted molar refractivity (Wildman–Crippen MR) is 76.0 cm³/mol. The van der Waals surface area contributed by atoms with E-state index in [4.69, 9.17) is 0 Å². The van der Waals surface area contributed by atoms with E-state index in [1.807, 2.05) is 13.1 Å². The summed E-state index contributed by atoms with van der Waals surface area (Å²) in [6.07, 6.45) is 3.21. The normalized spacial score (nSPS) is 27.3. The Labute approximate surface area is 115 Å². The van der Waals surface area contributed by atoms with Gasteiger partial charge in [0.05, 0.1) is 0 Å². The molecule has 1 aromatic carbocycles. The third kappa shape index (κ3) is 2.66. The van der Waals surface area contributed by atoms with Crippen LogP contribution in [-0.2, 0) is 4.79 Å². The molecule has 102 valence electrons. The summed E-state index contributed by atoms with van der Waals surface area (Å²) in [6, 6.07) is 11.0. The van der Waals surface area contributed by atoms with Crippen LogP contribution in [0.15, 0.2) is 30.3 Å². The molecule has 1 saturated heterocycles. The molecule has 3 heteroatoms. The lowest BCUT2D eigenvalue weighted by atomic mass is 10.0. The summed E-state index contributed by atoms with van der Waals surface area (Å²) < 4.78 is 0. The number of hydrogen-bond acceptors (Lipinski definition) is 2. The largest absolute Gasteiger partial charge is 0.342 e. The number of rotatable bonds is 3. The molecular weight excluding hydrogens is 236 g/mol. The Bertz CT molecular complexity index is 437. The van der Waals surface area contributed by atoms with Gasteiger partial charge < -0.3 is 10.2 Å². The lowest BCUT2D eigenvalue weighted by Gasteiger charge is -2.32. The van der Waals surface area contributed by atoms with E-state index < -0.39 is 0 Å². The highest BCUT2D eigenvalue weighted by Gasteiger charge is 2.45. The molecule has 0 aromatic heterocycles. The summed E-state index contributed by atoms with van der Waals surface area (Å²) >= 11 is 0. The molecule has 1 heterocycles. The third-order valence-electron chi connectivity index (χ3n) is 4.55. The number of amides is 1. The minimum atomic E-state index is 0.244. The van der Waals surface area contributed by atoms with Crippen molar-refractivity contribution in [2.24, 2.45) is 5.92 Å². The average molecular weight is 258 g/mol. The molecule has 3 nitrogen and oxygen atoms in total. The van der Waals surface area contributed by atoms with Crippen molar-refractivity contribution in [1.82, 2.24) is 10.2 Å². The highest BCUT2D eigenvalue weighted by atomic mass is 16.2. The zero-order valence-corrected chi connectivity index (χ0v) is 11.5. The SMILES string of the molecule is CNC1CCN(C(=O)C2CC2c2ccccc2)CC1. The maximum absolute atomic E-state index is 12.4. The zero-order chi connectivity index (χ0) is 13.2. The lowest BCUT2D eigenvalue weighted by Crippen LogP contribution is -2.44. The minimum absolute atomic E-state index is 0.244. The van der Waals surface area contributed by atoms with E-state index in [1.54, 1.807) is 0 Å². The van der Waals surface area contributed by atoms with Crippen LogP contribution in [0.1, 0.15) is 30.7 Å². The van der Waals surface area contributed by atoms with Gasteiger partial charge in [-0.3, -0.25) is 4.79 Å². The van der Waals surface area contributed by atoms with Gasteiger partial charge in [-0.1, -0.05) is 30.3 Å². The smallest absolute Gasteiger partial charge is 0.226 e. The van der Waals surface area contributed by atoms with Gasteiger partial charge in [0.2, 0.25) is 5.91 Å². The fraction of sp³-hybridized carbons (Fsp3) is 0.562. The van der Waals surface area contributed by atoms with Crippen molar-refractivity contribution in [3.63, 3.8) is 0 Å². The first-order valence-electron chi connectivity index (χ1n) is 7.30. The van der Waals surface area contributed by atoms with Gasteiger partial charge in [-0.05, 0) is 37.8 Å². The van der Waals surface area contributed by atoms with Gasteiger partial charge in [0, 0.05) is 25.0 Å². The molecule has 0 spiro atoms. The number of carbonyl (C=O) groups is 1. The van der Waals surface area contributed by atoms with Gasteiger partial charge in [0.15, 0.2) is 0 Å². The van der Waals surface area contributed by atoms with Crippen molar-refractivity contribution in [2.45, 2.75) is 31.2 Å². The van der Waals surface area contributed by atoms with Gasteiger partial charge in [0.1, 0.15) is 0 Å². The number of benzene rings is 1. The molecule has 3 rings (SSSR count). The first-order chi connectivity index (χ1) is 9.29. The molecule has 1 aromatic rings. The summed E-state index contributed by atoms with van der Waals surface area (Å²) in [4.78, 5) is 14.5. The second-order valence-electron chi connectivity index (χ2n) is 5.75. The quantitative estimate of drug-likeness (QED) is 0.899. The van der Waals surface area contributed by atoms with E-state index >= 15 is 0 Å². The fourth-order valence-electron chi connectivity index (χ4n) is 3.16. The zero-order valence-electron chi connectivity index (χ0n) is 11.5. The van der Waals surface area contributed by atoms with Crippen LogP contribution in [0.3, 0.4) is 0 Å². The first-order valence-corrected chi connectivity index (χ1v) is 7.30. The summed E-state index contributed by atoms with van der Waals surface area (Å²) in [5, 5.41) is 3.30. The number of likely N-dealkylation sites (tertiary alicyclic amines) is 1. The van der Waals surface area contributed by atoms with E-state index in [9.17, 15) is 4.79 Å². The molecule has 1 aliphatic carbocycles. The van der Waals surface area contributed by atoms with E-state index in [0.717, 1.165) is 32.4 Å². The summed E-state index contributed by atoms with van der Waals surface area (Å²) in [7, 11) is 2.01. The van der Waals surface area contributed by atoms with Crippen molar-refractivity contribution in [2.75, 3.05) is 20.1 Å². The Morgan fingerprint density at radius 1 is 1.21 bits per heavy atom. The molecule has 2 fully saturated rings. The Kier molecular flexibility index (Phi) is 3.56. The van der Waals surface area contributed by atoms with E-state index in [-0.39, 0.29) is 5.92 Å². The maximum atomic E-state index is 12.4. The van der Waals surface area contributed by atoms with E-state index in [1.165, 1.54) is 5.56 Å². The van der Waals surface area contributed by atoms with Crippen LogP contribution in [-0.4, -0.2) is 37.0 Å². The maximum Gasteiger partial charge on any atom is 0.226 e. The number of hydrogen-bond donors (Lipinski definition) is 1. The molecule has 2 unspecified atom stereocenters. The monoisotopic (exact) mass is 258 g/mol. The minimum Gasteiger partial charge on any atom is -0.342 e. The molecule has 1 amide bonds. The Morgan fingerprint density at radius 3 is 2.53 bits per heavy atom. The van der Waals surface area contributed by atoms with E-state index in [0.29, 0.717) is 17.9 Å². The topological polar surface area (TPSA) is 32.3 Å². The van der Waals surface area contributed by atoms with Crippen LogP contribution in [0.25, 0.3) is 0 Å². The molecule has 0 bridgehead atoms. The summed E-state index contributed by atoms with van der Waals surface area (Å²) in [6.45, 7) is 1.84. The van der Waals surface area contributed by atoms with Crippen LogP contribution in [0.4, 0.5) is 0 Å². The molecule has 1 N–H and O–H groups in total. The van der Waals surface area contributed by atoms with Crippen LogP contribution in [0.5, 0.6) is 0 Å². The molecule has 0 radical (unpaired) electrons. The highest BCUT2D eigenvalue weighted by molar-refractivity contribution is 5.83. The van der Waals surface area contributed by atoms with Gasteiger partial charge >= 0.3 is 0 Å². The first kappa shape index (κ1) is 12.7. The number of piperidine rings is 1. The molecule has 2 atom stereocenters. The number of carbonyl (C=O) groups excluding carboxylic acids is 1. The van der Waals surface area contributed by atoms with Crippen LogP contribution in [0, 0.1) is 5.92 Å². The fourth-order valence-corrected chi connectivity index (χ4v) is 3.16. The van der Waals surface area contributed by atoms with Crippen molar-refractivity contribution in [1.29, 1.82) is 0 Å². The third-order valence-corrected chi connectivity index (χ3v) is 4.55. The van der Waals surface area contributed by atoms with Crippen molar-refractivity contribution >= 4 is 5.91 Å². The second-order valence-corrected chi connectivity index (χ2v) is 5.75. The number of nitrogens with zero attached hydrogens (tertiary/aromatic N) is 1. The van der Waals surface area contributed by atoms with Crippen molar-refractivity contribution < 1.29 is 4.79 Å². The second kappa shape index (κ2) is 5.33. The van der Waals surface area contributed by atoms with Gasteiger partial charge in [-0.25, -0.2) is 0 Å². The molecule has 19 heavy (non-hydrogen) atoms. The molecular formula is C16H22N2O. The lowest BCUT2D eigenvalue weighted by molar-refractivity contribution is -0.133. The Balaban J connectivity index is 1.56. The summed E-state index contributed by atoms with van der Waals surface area (Å²) in [5.74, 6) is 1.09. The molecule has 1 saturated carbocycles.